The average Bonchev–Trinajstić information content (AvgIpc) is 3.16. The molecule has 7 nitrogen and oxygen atoms in total. The summed E-state index contributed by atoms with van der Waals surface area (Å²) in [5.74, 6) is -0.455. The fraction of sp³-hybridized carbons (Fsp3) is 0.423. The summed E-state index contributed by atoms with van der Waals surface area (Å²) in [6.45, 7) is 2.81. The van der Waals surface area contributed by atoms with Gasteiger partial charge >= 0.3 is 12.1 Å². The highest BCUT2D eigenvalue weighted by Gasteiger charge is 2.30. The largest absolute Gasteiger partial charge is 0.481 e. The Morgan fingerprint density at radius 3 is 2.26 bits per heavy atom. The van der Waals surface area contributed by atoms with Gasteiger partial charge in [0.15, 0.2) is 0 Å². The van der Waals surface area contributed by atoms with Crippen LogP contribution in [-0.4, -0.2) is 65.7 Å². The Morgan fingerprint density at radius 1 is 1.09 bits per heavy atom. The van der Waals surface area contributed by atoms with E-state index >= 15 is 0 Å². The molecule has 2 amide bonds. The third kappa shape index (κ3) is 6.32. The number of alkyl carbamates (subject to hydrolysis) is 1. The van der Waals surface area contributed by atoms with E-state index in [9.17, 15) is 14.4 Å². The lowest BCUT2D eigenvalue weighted by Crippen LogP contribution is -2.49. The Balaban J connectivity index is 1.64. The first kappa shape index (κ1) is 25.6. The van der Waals surface area contributed by atoms with Gasteiger partial charge in [0.1, 0.15) is 12.6 Å². The van der Waals surface area contributed by atoms with Gasteiger partial charge in [0.25, 0.3) is 0 Å². The molecule has 0 bridgehead atoms. The molecule has 1 unspecified atom stereocenters. The van der Waals surface area contributed by atoms with E-state index < -0.39 is 18.1 Å². The van der Waals surface area contributed by atoms with Crippen LogP contribution >= 0.6 is 11.8 Å². The molecule has 0 radical (unpaired) electrons. The second-order valence-corrected chi connectivity index (χ2v) is 9.20. The third-order valence-corrected chi connectivity index (χ3v) is 6.70. The fourth-order valence-electron chi connectivity index (χ4n) is 4.34. The normalized spacial score (nSPS) is 13.0. The van der Waals surface area contributed by atoms with Gasteiger partial charge in [-0.1, -0.05) is 48.5 Å². The summed E-state index contributed by atoms with van der Waals surface area (Å²) in [7, 11) is 0. The maximum Gasteiger partial charge on any atom is 0.407 e. The molecule has 2 aromatic carbocycles. The smallest absolute Gasteiger partial charge is 0.407 e. The van der Waals surface area contributed by atoms with Gasteiger partial charge in [-0.15, -0.1) is 0 Å². The number of carbonyl (C=O) groups is 3. The monoisotopic (exact) mass is 484 g/mol. The zero-order valence-electron chi connectivity index (χ0n) is 19.7. The number of carboxylic acids is 1. The van der Waals surface area contributed by atoms with Gasteiger partial charge in [0.05, 0.1) is 0 Å². The predicted octanol–water partition coefficient (Wildman–Crippen LogP) is 4.36. The lowest BCUT2D eigenvalue weighted by atomic mass is 9.98. The highest BCUT2D eigenvalue weighted by Crippen LogP contribution is 2.44. The number of ether oxygens (including phenoxy) is 1. The topological polar surface area (TPSA) is 95.9 Å². The van der Waals surface area contributed by atoms with Crippen molar-refractivity contribution >= 4 is 29.7 Å². The Kier molecular flexibility index (Phi) is 9.39. The second kappa shape index (κ2) is 12.5. The highest BCUT2D eigenvalue weighted by molar-refractivity contribution is 7.98. The zero-order chi connectivity index (χ0) is 24.5. The van der Waals surface area contributed by atoms with Crippen molar-refractivity contribution < 1.29 is 24.2 Å². The van der Waals surface area contributed by atoms with Crippen LogP contribution in [0.5, 0.6) is 0 Å². The van der Waals surface area contributed by atoms with E-state index in [0.29, 0.717) is 31.7 Å². The van der Waals surface area contributed by atoms with Crippen molar-refractivity contribution in [3.05, 3.63) is 59.7 Å². The number of likely N-dealkylation sites (N-methyl/N-ethyl adjacent to an activating group) is 1. The van der Waals surface area contributed by atoms with Crippen LogP contribution in [0, 0.1) is 0 Å². The van der Waals surface area contributed by atoms with Crippen LogP contribution in [0.25, 0.3) is 11.1 Å². The van der Waals surface area contributed by atoms with Crippen LogP contribution in [0.4, 0.5) is 4.79 Å². The quantitative estimate of drug-likeness (QED) is 0.465. The molecule has 1 aliphatic rings. The van der Waals surface area contributed by atoms with Crippen LogP contribution in [0.3, 0.4) is 0 Å². The van der Waals surface area contributed by atoms with Crippen molar-refractivity contribution in [1.29, 1.82) is 0 Å². The second-order valence-electron chi connectivity index (χ2n) is 8.22. The lowest BCUT2D eigenvalue weighted by molar-refractivity contribution is -0.138. The highest BCUT2D eigenvalue weighted by atomic mass is 32.2. The maximum atomic E-state index is 13.1. The van der Waals surface area contributed by atoms with E-state index in [2.05, 4.69) is 29.6 Å². The molecular formula is C26H32N2O5S. The minimum atomic E-state index is -0.890. The van der Waals surface area contributed by atoms with Gasteiger partial charge in [-0.05, 0) is 54.0 Å². The van der Waals surface area contributed by atoms with E-state index in [4.69, 9.17) is 9.84 Å². The first-order valence-corrected chi connectivity index (χ1v) is 13.0. The number of nitrogens with one attached hydrogen (secondary N) is 1. The molecule has 3 rings (SSSR count). The Labute approximate surface area is 204 Å². The molecule has 0 aliphatic heterocycles. The molecule has 182 valence electrons. The molecule has 0 heterocycles. The van der Waals surface area contributed by atoms with Gasteiger partial charge in [-0.3, -0.25) is 9.59 Å². The molecule has 1 atom stereocenters. The number of fused-ring (bicyclic) bond motifs is 3. The molecule has 0 saturated carbocycles. The molecule has 0 saturated heterocycles. The van der Waals surface area contributed by atoms with Crippen LogP contribution in [0.2, 0.25) is 0 Å². The van der Waals surface area contributed by atoms with E-state index in [0.717, 1.165) is 22.3 Å². The number of carboxylic acid groups (broad SMARTS) is 1. The predicted molar refractivity (Wildman–Crippen MR) is 134 cm³/mol. The molecular weight excluding hydrogens is 452 g/mol. The number of amides is 2. The van der Waals surface area contributed by atoms with Crippen molar-refractivity contribution in [1.82, 2.24) is 10.2 Å². The summed E-state index contributed by atoms with van der Waals surface area (Å²) in [5, 5.41) is 11.6. The SMILES string of the molecule is CCN(CCCC(=O)O)C(=O)C(CCSC)NC(=O)OCC1c2ccccc2-c2ccccc21. The van der Waals surface area contributed by atoms with Crippen molar-refractivity contribution in [2.45, 2.75) is 38.1 Å². The average molecular weight is 485 g/mol. The van der Waals surface area contributed by atoms with Crippen LogP contribution in [0.1, 0.15) is 43.2 Å². The van der Waals surface area contributed by atoms with E-state index in [1.165, 1.54) is 0 Å². The summed E-state index contributed by atoms with van der Waals surface area (Å²) >= 11 is 1.59. The molecule has 0 fully saturated rings. The summed E-state index contributed by atoms with van der Waals surface area (Å²) in [4.78, 5) is 38.2. The van der Waals surface area contributed by atoms with Crippen molar-refractivity contribution in [2.75, 3.05) is 31.7 Å². The fourth-order valence-corrected chi connectivity index (χ4v) is 4.81. The van der Waals surface area contributed by atoms with Crippen LogP contribution in [0.15, 0.2) is 48.5 Å². The van der Waals surface area contributed by atoms with E-state index in [1.54, 1.807) is 16.7 Å². The summed E-state index contributed by atoms with van der Waals surface area (Å²) in [5.41, 5.74) is 4.56. The Morgan fingerprint density at radius 2 is 1.71 bits per heavy atom. The number of hydrogen-bond donors (Lipinski definition) is 2. The van der Waals surface area contributed by atoms with E-state index in [-0.39, 0.29) is 24.9 Å². The standard InChI is InChI=1S/C26H32N2O5S/c1-3-28(15-8-13-24(29)30)25(31)23(14-16-34-2)27-26(32)33-17-22-20-11-6-4-9-18(20)19-10-5-7-12-21(19)22/h4-7,9-12,22-23H,3,8,13-17H2,1-2H3,(H,27,32)(H,29,30). The number of nitrogens with zero attached hydrogens (tertiary/aromatic N) is 1. The van der Waals surface area contributed by atoms with Gasteiger partial charge in [-0.25, -0.2) is 4.79 Å². The minimum absolute atomic E-state index is 0.000927. The third-order valence-electron chi connectivity index (χ3n) is 6.06. The molecule has 1 aliphatic carbocycles. The molecule has 2 aromatic rings. The van der Waals surface area contributed by atoms with Gasteiger partial charge < -0.3 is 20.1 Å². The maximum absolute atomic E-state index is 13.1. The molecule has 34 heavy (non-hydrogen) atoms. The van der Waals surface area contributed by atoms with E-state index in [1.807, 2.05) is 37.4 Å². The minimum Gasteiger partial charge on any atom is -0.481 e. The summed E-state index contributed by atoms with van der Waals surface area (Å²) in [6.07, 6.45) is 2.16. The number of thioether (sulfide) groups is 1. The number of aliphatic carboxylic acids is 1. The first-order chi connectivity index (χ1) is 16.5. The summed E-state index contributed by atoms with van der Waals surface area (Å²) < 4.78 is 5.62. The van der Waals surface area contributed by atoms with Gasteiger partial charge in [0, 0.05) is 25.4 Å². The zero-order valence-corrected chi connectivity index (χ0v) is 20.5. The van der Waals surface area contributed by atoms with Gasteiger partial charge in [0.2, 0.25) is 5.91 Å². The Hall–Kier alpha value is -3.00. The summed E-state index contributed by atoms with van der Waals surface area (Å²) in [6, 6.07) is 15.5. The van der Waals surface area contributed by atoms with Crippen LogP contribution in [-0.2, 0) is 14.3 Å². The van der Waals surface area contributed by atoms with Crippen molar-refractivity contribution in [3.63, 3.8) is 0 Å². The van der Waals surface area contributed by atoms with Crippen LogP contribution < -0.4 is 5.32 Å². The van der Waals surface area contributed by atoms with Crippen molar-refractivity contribution in [2.24, 2.45) is 0 Å². The molecule has 0 spiro atoms. The number of carbonyl (C=O) groups excluding carboxylic acids is 2. The number of rotatable bonds is 12. The number of benzene rings is 2. The Bertz CT molecular complexity index is 967. The lowest BCUT2D eigenvalue weighted by Gasteiger charge is -2.27. The molecule has 2 N–H and O–H groups in total. The molecule has 0 aromatic heterocycles. The van der Waals surface area contributed by atoms with Gasteiger partial charge in [-0.2, -0.15) is 11.8 Å². The molecule has 8 heteroatoms. The number of hydrogen-bond acceptors (Lipinski definition) is 5. The van der Waals surface area contributed by atoms with Crippen molar-refractivity contribution in [3.8, 4) is 11.1 Å². The first-order valence-electron chi connectivity index (χ1n) is 11.6.